The van der Waals surface area contributed by atoms with Gasteiger partial charge in [0.25, 0.3) is 0 Å². The first-order valence-corrected chi connectivity index (χ1v) is 55.3. The molecule has 0 unspecified atom stereocenters. The Labute approximate surface area is 877 Å². The number of ether oxygens (including phenoxy) is 5. The number of aliphatic hydroxyl groups is 2. The van der Waals surface area contributed by atoms with E-state index in [2.05, 4.69) is 255 Å². The van der Waals surface area contributed by atoms with E-state index in [9.17, 15) is 10.2 Å². The highest BCUT2D eigenvalue weighted by molar-refractivity contribution is 5.96. The number of alkyl halides is 1. The predicted octanol–water partition coefficient (Wildman–Crippen LogP) is 20.6. The zero-order valence-corrected chi connectivity index (χ0v) is 90.1. The predicted molar refractivity (Wildman–Crippen MR) is 601 cm³/mol. The molecular weight excluding hydrogens is 1850 g/mol. The number of morpholine rings is 2. The number of aliphatic hydroxyl groups excluding tert-OH is 2. The molecule has 4 aliphatic carbocycles. The number of likely N-dealkylation sites (N-methyl/N-ethyl adjacent to an activating group) is 4. The molecule has 2 N–H and O–H groups in total. The minimum absolute atomic E-state index is 0.0883. The second-order valence-electron chi connectivity index (χ2n) is 44.5. The van der Waals surface area contributed by atoms with Gasteiger partial charge in [-0.15, -0.1) is 0 Å². The van der Waals surface area contributed by atoms with Gasteiger partial charge in [0, 0.05) is 226 Å². The summed E-state index contributed by atoms with van der Waals surface area (Å²) in [7, 11) is 17.9. The monoisotopic (exact) mass is 2010 g/mol. The van der Waals surface area contributed by atoms with E-state index in [0.717, 1.165) is 321 Å². The molecular formula is C121H160FN19O7. The van der Waals surface area contributed by atoms with Crippen molar-refractivity contribution in [2.75, 3.05) is 265 Å². The number of hydrogen-bond donors (Lipinski definition) is 2. The fraction of sp³-hybridized carbons (Fsp3) is 0.537. The normalized spacial score (nSPS) is 19.2. The van der Waals surface area contributed by atoms with Gasteiger partial charge in [-0.05, 0) is 259 Å². The van der Waals surface area contributed by atoms with Gasteiger partial charge in [0.2, 0.25) is 0 Å². The highest BCUT2D eigenvalue weighted by atomic mass is 19.1. The van der Waals surface area contributed by atoms with Gasteiger partial charge in [-0.1, -0.05) is 113 Å². The number of methoxy groups -OCH3 is 3. The van der Waals surface area contributed by atoms with Crippen LogP contribution in [-0.4, -0.2) is 281 Å². The van der Waals surface area contributed by atoms with Crippen molar-refractivity contribution in [3.05, 3.63) is 215 Å². The maximum absolute atomic E-state index is 16.0. The SMILES string of the molecule is CN(C)c1ccccc1C1CCN(c2nc(C3(C)CCC3)nc3ccc(N(C)CCO)cc23)CC1.COc1ccccc1C1CCN(c2nc(C3(C)CCC3)nc3ccc(N(C)CCN4CCOCC4)cc23)CC1.COc1ccccc1C1CCN(c2nc(C3(C)CCC3)nc3ccc(N(C)CCO)cc23)CC1.COc1ccccc1C1CCN(c2nc(C3(F)CCCC3)nc3ccc(N(C)CCN4CCOCC4)cc23)CC1. The van der Waals surface area contributed by atoms with Gasteiger partial charge in [0.15, 0.2) is 11.5 Å². The van der Waals surface area contributed by atoms with E-state index in [1.165, 1.54) is 84.0 Å². The van der Waals surface area contributed by atoms with Gasteiger partial charge >= 0.3 is 0 Å². The Kier molecular flexibility index (Phi) is 33.5. The Balaban J connectivity index is 0.000000124. The van der Waals surface area contributed by atoms with Crippen molar-refractivity contribution in [3.63, 3.8) is 0 Å². The molecule has 10 heterocycles. The van der Waals surface area contributed by atoms with Gasteiger partial charge in [-0.2, -0.15) is 0 Å². The molecule has 6 aliphatic heterocycles. The van der Waals surface area contributed by atoms with Crippen LogP contribution in [0, 0.1) is 0 Å². The Hall–Kier alpha value is -11.6. The lowest BCUT2D eigenvalue weighted by atomic mass is 9.70. The van der Waals surface area contributed by atoms with E-state index < -0.39 is 5.67 Å². The highest BCUT2D eigenvalue weighted by Gasteiger charge is 2.44. The molecule has 8 aromatic carbocycles. The third-order valence-electron chi connectivity index (χ3n) is 34.5. The van der Waals surface area contributed by atoms with Crippen molar-refractivity contribution in [1.29, 1.82) is 0 Å². The van der Waals surface area contributed by atoms with Crippen LogP contribution in [0.1, 0.15) is 225 Å². The van der Waals surface area contributed by atoms with Crippen molar-refractivity contribution in [2.45, 2.75) is 201 Å². The van der Waals surface area contributed by atoms with E-state index in [1.807, 2.05) is 32.3 Å². The van der Waals surface area contributed by atoms with Crippen LogP contribution in [-0.2, 0) is 31.4 Å². The molecule has 4 saturated carbocycles. The number of benzene rings is 8. The second-order valence-corrected chi connectivity index (χ2v) is 44.5. The summed E-state index contributed by atoms with van der Waals surface area (Å²) in [5.41, 5.74) is 14.1. The van der Waals surface area contributed by atoms with Crippen LogP contribution in [0.15, 0.2) is 170 Å². The van der Waals surface area contributed by atoms with Gasteiger partial charge in [-0.3, -0.25) is 9.80 Å². The molecule has 788 valence electrons. The number of anilines is 9. The summed E-state index contributed by atoms with van der Waals surface area (Å²) >= 11 is 0. The van der Waals surface area contributed by atoms with Crippen molar-refractivity contribution in [2.24, 2.45) is 0 Å². The lowest BCUT2D eigenvalue weighted by Gasteiger charge is -2.39. The van der Waals surface area contributed by atoms with Gasteiger partial charge in [-0.25, -0.2) is 44.3 Å². The summed E-state index contributed by atoms with van der Waals surface area (Å²) in [6.07, 6.45) is 22.2. The summed E-state index contributed by atoms with van der Waals surface area (Å²) < 4.78 is 44.0. The third kappa shape index (κ3) is 23.4. The average Bonchev–Trinajstić information content (AvgIpc) is 0.963. The third-order valence-corrected chi connectivity index (χ3v) is 34.5. The largest absolute Gasteiger partial charge is 0.496 e. The number of para-hydroxylation sites is 4. The minimum Gasteiger partial charge on any atom is -0.496 e. The van der Waals surface area contributed by atoms with Gasteiger partial charge in [0.05, 0.1) is 83.0 Å². The summed E-state index contributed by atoms with van der Waals surface area (Å²) in [5.74, 6) is 12.5. The molecule has 4 aromatic heterocycles. The molecule has 6 saturated heterocycles. The molecule has 22 rings (SSSR count). The quantitative estimate of drug-likeness (QED) is 0.0427. The first-order chi connectivity index (χ1) is 72.0. The number of halogens is 1. The highest BCUT2D eigenvalue weighted by Crippen LogP contribution is 2.51. The average molecular weight is 2010 g/mol. The second kappa shape index (κ2) is 47.3. The topological polar surface area (TPSA) is 225 Å². The van der Waals surface area contributed by atoms with Crippen LogP contribution in [0.3, 0.4) is 0 Å². The Bertz CT molecular complexity index is 6450. The summed E-state index contributed by atoms with van der Waals surface area (Å²) in [5, 5.41) is 23.2. The van der Waals surface area contributed by atoms with Crippen molar-refractivity contribution in [1.82, 2.24) is 49.7 Å². The number of rotatable bonds is 30. The summed E-state index contributed by atoms with van der Waals surface area (Å²) in [4.78, 5) is 66.7. The van der Waals surface area contributed by atoms with Crippen LogP contribution < -0.4 is 58.3 Å². The number of hydrogen-bond acceptors (Lipinski definition) is 26. The van der Waals surface area contributed by atoms with Crippen LogP contribution >= 0.6 is 0 Å². The number of fused-ring (bicyclic) bond motifs is 4. The van der Waals surface area contributed by atoms with Crippen LogP contribution in [0.4, 0.5) is 56.1 Å². The number of aromatic nitrogens is 8. The van der Waals surface area contributed by atoms with E-state index in [1.54, 1.807) is 21.3 Å². The number of piperidine rings is 4. The Morgan fingerprint density at radius 2 is 0.595 bits per heavy atom. The van der Waals surface area contributed by atoms with E-state index in [4.69, 9.17) is 63.6 Å². The van der Waals surface area contributed by atoms with Crippen molar-refractivity contribution >= 4 is 95.3 Å². The lowest BCUT2D eigenvalue weighted by molar-refractivity contribution is 0.0392. The molecule has 0 atom stereocenters. The molecule has 27 heteroatoms. The minimum atomic E-state index is -1.42. The van der Waals surface area contributed by atoms with Crippen LogP contribution in [0.25, 0.3) is 43.6 Å². The fourth-order valence-electron chi connectivity index (χ4n) is 24.2. The van der Waals surface area contributed by atoms with Crippen LogP contribution in [0.2, 0.25) is 0 Å². The molecule has 12 aromatic rings. The standard InChI is InChI=1S/C32H42FN5O2.C32H43N5O2.C29H39N5O.C28H36N4O2/c1-36(17-18-37-19-21-40-22-20-37)25-9-10-28-27(23-25)30(35-31(34-28)32(33)13-5-6-14-32)38-15-11-24(12-16-38)26-7-3-4-8-29(26)39-2;1-32(13-6-14-32)31-33-28-10-9-25(35(2)17-18-36-19-21-39-22-20-36)23-27(28)30(34-31)37-15-11-24(12-16-37)26-7-4-5-8-29(26)38-3;1-29(14-7-15-29)28-30-25-11-10-22(33(4)18-19-35)20-24(25)27(31-28)34-16-12-21(13-17-34)23-8-5-6-9-26(23)32(2)3;1-28(13-6-14-28)27-29-24-10-9-21(31(2)17-18-33)19-23(24)26(30-27)32-15-11-20(12-16-32)22-7-4-5-8-25(22)34-3/h3-4,7-10,23-24H,5-6,11-22H2,1-2H3;4-5,7-10,23-24H,6,11-22H2,1-3H3;5-6,8-11,20-21,35H,7,12-19H2,1-4H3;4-5,7-10,19-20,33H,6,11-18H2,1-3H3. The number of nitrogens with zero attached hydrogens (tertiary/aromatic N) is 19. The molecule has 0 radical (unpaired) electrons. The Morgan fingerprint density at radius 1 is 0.324 bits per heavy atom. The molecule has 10 fully saturated rings. The summed E-state index contributed by atoms with van der Waals surface area (Å²) in [6.45, 7) is 27.3. The maximum Gasteiger partial charge on any atom is 0.170 e. The molecule has 0 amide bonds. The van der Waals surface area contributed by atoms with E-state index in [0.29, 0.717) is 55.4 Å². The zero-order chi connectivity index (χ0) is 103. The fourth-order valence-corrected chi connectivity index (χ4v) is 24.2. The molecule has 26 nitrogen and oxygen atoms in total. The molecule has 10 aliphatic rings. The van der Waals surface area contributed by atoms with Gasteiger partial charge in [0.1, 0.15) is 58.0 Å². The maximum atomic E-state index is 16.0. The van der Waals surface area contributed by atoms with Gasteiger partial charge < -0.3 is 78.0 Å². The first-order valence-electron chi connectivity index (χ1n) is 55.3. The molecule has 0 bridgehead atoms. The summed E-state index contributed by atoms with van der Waals surface area (Å²) in [6, 6.07) is 60.2. The van der Waals surface area contributed by atoms with Crippen molar-refractivity contribution in [3.8, 4) is 17.2 Å². The Morgan fingerprint density at radius 3 is 0.878 bits per heavy atom. The molecule has 0 spiro atoms. The molecule has 148 heavy (non-hydrogen) atoms. The van der Waals surface area contributed by atoms with E-state index >= 15 is 4.39 Å². The van der Waals surface area contributed by atoms with Crippen molar-refractivity contribution < 1.29 is 38.3 Å². The van der Waals surface area contributed by atoms with Crippen LogP contribution in [0.5, 0.6) is 17.2 Å². The smallest absolute Gasteiger partial charge is 0.170 e. The van der Waals surface area contributed by atoms with E-state index in [-0.39, 0.29) is 29.5 Å². The first kappa shape index (κ1) is 105. The lowest BCUT2D eigenvalue weighted by Crippen LogP contribution is -2.40. The zero-order valence-electron chi connectivity index (χ0n) is 90.1.